The van der Waals surface area contributed by atoms with E-state index in [1.165, 1.54) is 4.68 Å². The van der Waals surface area contributed by atoms with Crippen LogP contribution in [0, 0.1) is 25.2 Å². The zero-order valence-electron chi connectivity index (χ0n) is 11.7. The highest BCUT2D eigenvalue weighted by Gasteiger charge is 2.11. The van der Waals surface area contributed by atoms with Crippen molar-refractivity contribution in [3.8, 4) is 11.8 Å². The minimum Gasteiger partial charge on any atom is -0.497 e. The van der Waals surface area contributed by atoms with Crippen molar-refractivity contribution in [1.29, 1.82) is 5.26 Å². The summed E-state index contributed by atoms with van der Waals surface area (Å²) >= 11 is 0. The summed E-state index contributed by atoms with van der Waals surface area (Å²) in [4.78, 5) is 12.2. The lowest BCUT2D eigenvalue weighted by Gasteiger charge is -2.09. The highest BCUT2D eigenvalue weighted by Crippen LogP contribution is 2.13. The summed E-state index contributed by atoms with van der Waals surface area (Å²) in [6, 6.07) is 9.37. The maximum absolute atomic E-state index is 12.2. The van der Waals surface area contributed by atoms with E-state index in [1.807, 2.05) is 30.3 Å². The molecular formula is C15H15N3O2. The van der Waals surface area contributed by atoms with Gasteiger partial charge in [-0.25, -0.2) is 4.68 Å². The number of methoxy groups -OCH3 is 1. The van der Waals surface area contributed by atoms with Crippen molar-refractivity contribution in [2.75, 3.05) is 7.11 Å². The van der Waals surface area contributed by atoms with Crippen LogP contribution < -0.4 is 10.3 Å². The Morgan fingerprint density at radius 1 is 1.40 bits per heavy atom. The number of nitrogens with zero attached hydrogens (tertiary/aromatic N) is 3. The Kier molecular flexibility index (Phi) is 3.85. The standard InChI is InChI=1S/C15H15N3O2/c1-10-11(2)17-18(15(19)14(10)8-16)9-12-5-4-6-13(7-12)20-3/h4-7H,9H2,1-3H3. The van der Waals surface area contributed by atoms with Gasteiger partial charge in [0.1, 0.15) is 17.4 Å². The number of hydrogen-bond acceptors (Lipinski definition) is 4. The zero-order valence-corrected chi connectivity index (χ0v) is 11.7. The molecule has 2 aromatic rings. The highest BCUT2D eigenvalue weighted by atomic mass is 16.5. The molecule has 0 radical (unpaired) electrons. The van der Waals surface area contributed by atoms with Crippen LogP contribution in [-0.4, -0.2) is 16.9 Å². The van der Waals surface area contributed by atoms with Crippen LogP contribution in [0.4, 0.5) is 0 Å². The average Bonchev–Trinajstić information content (AvgIpc) is 2.45. The monoisotopic (exact) mass is 269 g/mol. The average molecular weight is 269 g/mol. The summed E-state index contributed by atoms with van der Waals surface area (Å²) in [6.07, 6.45) is 0. The summed E-state index contributed by atoms with van der Waals surface area (Å²) in [5, 5.41) is 13.3. The lowest BCUT2D eigenvalue weighted by Crippen LogP contribution is -2.27. The highest BCUT2D eigenvalue weighted by molar-refractivity contribution is 5.36. The second kappa shape index (κ2) is 5.57. The summed E-state index contributed by atoms with van der Waals surface area (Å²) in [5.74, 6) is 0.722. The quantitative estimate of drug-likeness (QED) is 0.852. The fourth-order valence-corrected chi connectivity index (χ4v) is 1.95. The molecule has 0 aliphatic carbocycles. The molecule has 20 heavy (non-hydrogen) atoms. The van der Waals surface area contributed by atoms with Gasteiger partial charge in [-0.3, -0.25) is 4.79 Å². The molecule has 0 aliphatic heterocycles. The number of benzene rings is 1. The second-order valence-electron chi connectivity index (χ2n) is 4.51. The smallest absolute Gasteiger partial charge is 0.285 e. The first-order valence-electron chi connectivity index (χ1n) is 6.18. The molecule has 5 heteroatoms. The zero-order chi connectivity index (χ0) is 14.7. The molecule has 102 valence electrons. The third kappa shape index (κ3) is 2.54. The van der Waals surface area contributed by atoms with Crippen molar-refractivity contribution >= 4 is 0 Å². The first kappa shape index (κ1) is 13.8. The topological polar surface area (TPSA) is 67.9 Å². The van der Waals surface area contributed by atoms with Crippen LogP contribution in [-0.2, 0) is 6.54 Å². The van der Waals surface area contributed by atoms with Gasteiger partial charge in [-0.15, -0.1) is 0 Å². The SMILES string of the molecule is COc1cccc(Cn2nc(C)c(C)c(C#N)c2=O)c1. The lowest BCUT2D eigenvalue weighted by molar-refractivity contribution is 0.414. The maximum Gasteiger partial charge on any atom is 0.285 e. The number of hydrogen-bond donors (Lipinski definition) is 0. The molecule has 0 saturated heterocycles. The molecule has 0 saturated carbocycles. The van der Waals surface area contributed by atoms with Crippen LogP contribution in [0.5, 0.6) is 5.75 Å². The van der Waals surface area contributed by atoms with Crippen molar-refractivity contribution in [1.82, 2.24) is 9.78 Å². The summed E-state index contributed by atoms with van der Waals surface area (Å²) in [7, 11) is 1.59. The third-order valence-corrected chi connectivity index (χ3v) is 3.22. The fourth-order valence-electron chi connectivity index (χ4n) is 1.95. The summed E-state index contributed by atoms with van der Waals surface area (Å²) in [6.45, 7) is 3.84. The number of aryl methyl sites for hydroxylation is 1. The molecule has 0 N–H and O–H groups in total. The Hall–Kier alpha value is -2.61. The van der Waals surface area contributed by atoms with Crippen LogP contribution >= 0.6 is 0 Å². The van der Waals surface area contributed by atoms with E-state index in [2.05, 4.69) is 5.10 Å². The molecule has 0 fully saturated rings. The first-order chi connectivity index (χ1) is 9.56. The van der Waals surface area contributed by atoms with Gasteiger partial charge in [0, 0.05) is 0 Å². The molecule has 0 bridgehead atoms. The molecular weight excluding hydrogens is 254 g/mol. The van der Waals surface area contributed by atoms with Crippen molar-refractivity contribution in [3.63, 3.8) is 0 Å². The molecule has 0 aliphatic rings. The third-order valence-electron chi connectivity index (χ3n) is 3.22. The molecule has 1 aromatic heterocycles. The summed E-state index contributed by atoms with van der Waals surface area (Å²) < 4.78 is 6.47. The van der Waals surface area contributed by atoms with Gasteiger partial charge in [0.15, 0.2) is 0 Å². The molecule has 1 heterocycles. The Balaban J connectivity index is 2.47. The Morgan fingerprint density at radius 2 is 2.15 bits per heavy atom. The van der Waals surface area contributed by atoms with Crippen molar-refractivity contribution in [3.05, 3.63) is 57.0 Å². The second-order valence-corrected chi connectivity index (χ2v) is 4.51. The van der Waals surface area contributed by atoms with Gasteiger partial charge < -0.3 is 4.74 Å². The van der Waals surface area contributed by atoms with Gasteiger partial charge in [-0.1, -0.05) is 12.1 Å². The Labute approximate surface area is 117 Å². The number of ether oxygens (including phenoxy) is 1. The minimum atomic E-state index is -0.363. The Morgan fingerprint density at radius 3 is 2.80 bits per heavy atom. The predicted molar refractivity (Wildman–Crippen MR) is 74.8 cm³/mol. The molecule has 2 rings (SSSR count). The lowest BCUT2D eigenvalue weighted by atomic mass is 10.1. The van der Waals surface area contributed by atoms with Gasteiger partial charge in [-0.2, -0.15) is 10.4 Å². The van der Waals surface area contributed by atoms with Crippen LogP contribution in [0.15, 0.2) is 29.1 Å². The molecule has 0 unspecified atom stereocenters. The van der Waals surface area contributed by atoms with Crippen LogP contribution in [0.25, 0.3) is 0 Å². The van der Waals surface area contributed by atoms with E-state index in [0.29, 0.717) is 17.8 Å². The largest absolute Gasteiger partial charge is 0.497 e. The van der Waals surface area contributed by atoms with Gasteiger partial charge in [0.25, 0.3) is 5.56 Å². The predicted octanol–water partition coefficient (Wildman–Crippen LogP) is 1.79. The van der Waals surface area contributed by atoms with E-state index < -0.39 is 0 Å². The molecule has 0 atom stereocenters. The van der Waals surface area contributed by atoms with E-state index in [1.54, 1.807) is 21.0 Å². The molecule has 0 amide bonds. The van der Waals surface area contributed by atoms with E-state index in [-0.39, 0.29) is 11.1 Å². The van der Waals surface area contributed by atoms with Crippen molar-refractivity contribution < 1.29 is 4.74 Å². The normalized spacial score (nSPS) is 10.1. The van der Waals surface area contributed by atoms with Crippen LogP contribution in [0.1, 0.15) is 22.4 Å². The maximum atomic E-state index is 12.2. The first-order valence-corrected chi connectivity index (χ1v) is 6.18. The van der Waals surface area contributed by atoms with Crippen molar-refractivity contribution in [2.24, 2.45) is 0 Å². The van der Waals surface area contributed by atoms with E-state index in [0.717, 1.165) is 11.3 Å². The Bertz CT molecular complexity index is 742. The van der Waals surface area contributed by atoms with Gasteiger partial charge in [0.2, 0.25) is 0 Å². The van der Waals surface area contributed by atoms with E-state index in [4.69, 9.17) is 10.00 Å². The van der Waals surface area contributed by atoms with E-state index in [9.17, 15) is 4.79 Å². The van der Waals surface area contributed by atoms with Gasteiger partial charge in [-0.05, 0) is 37.1 Å². The minimum absolute atomic E-state index is 0.153. The molecule has 1 aromatic carbocycles. The summed E-state index contributed by atoms with van der Waals surface area (Å²) in [5.41, 5.74) is 2.01. The molecule has 0 spiro atoms. The van der Waals surface area contributed by atoms with Crippen LogP contribution in [0.2, 0.25) is 0 Å². The van der Waals surface area contributed by atoms with Crippen molar-refractivity contribution in [2.45, 2.75) is 20.4 Å². The van der Waals surface area contributed by atoms with Gasteiger partial charge in [0.05, 0.1) is 19.3 Å². The number of aromatic nitrogens is 2. The van der Waals surface area contributed by atoms with Gasteiger partial charge >= 0.3 is 0 Å². The number of rotatable bonds is 3. The fraction of sp³-hybridized carbons (Fsp3) is 0.267. The van der Waals surface area contributed by atoms with Crippen LogP contribution in [0.3, 0.4) is 0 Å². The molecule has 5 nitrogen and oxygen atoms in total. The van der Waals surface area contributed by atoms with E-state index >= 15 is 0 Å². The number of nitriles is 1.